The Morgan fingerprint density at radius 2 is 2.00 bits per heavy atom. The van der Waals surface area contributed by atoms with Crippen molar-refractivity contribution in [2.24, 2.45) is 23.7 Å². The van der Waals surface area contributed by atoms with Gasteiger partial charge in [0.25, 0.3) is 0 Å². The third-order valence-electron chi connectivity index (χ3n) is 3.28. The van der Waals surface area contributed by atoms with Crippen molar-refractivity contribution in [2.75, 3.05) is 0 Å². The smallest absolute Gasteiger partial charge is 0.140 e. The van der Waals surface area contributed by atoms with Crippen LogP contribution in [0, 0.1) is 23.7 Å². The fourth-order valence-corrected chi connectivity index (χ4v) is 2.78. The van der Waals surface area contributed by atoms with Crippen molar-refractivity contribution in [2.45, 2.75) is 6.42 Å². The van der Waals surface area contributed by atoms with Crippen molar-refractivity contribution < 1.29 is 4.79 Å². The molecule has 3 aliphatic rings. The molecule has 0 unspecified atom stereocenters. The van der Waals surface area contributed by atoms with E-state index in [1.54, 1.807) is 0 Å². The summed E-state index contributed by atoms with van der Waals surface area (Å²) in [6, 6.07) is 0. The number of ketones is 1. The highest BCUT2D eigenvalue weighted by Crippen LogP contribution is 2.49. The predicted molar refractivity (Wildman–Crippen MR) is 41.9 cm³/mol. The lowest BCUT2D eigenvalue weighted by Gasteiger charge is -2.12. The highest BCUT2D eigenvalue weighted by molar-refractivity contribution is 5.87. The lowest BCUT2D eigenvalue weighted by molar-refractivity contribution is -0.119. The number of rotatable bonds is 0. The number of carbonyl (C=O) groups is 1. The van der Waals surface area contributed by atoms with E-state index in [2.05, 4.69) is 24.3 Å². The van der Waals surface area contributed by atoms with Crippen LogP contribution < -0.4 is 0 Å². The topological polar surface area (TPSA) is 17.1 Å². The molecule has 0 aromatic rings. The van der Waals surface area contributed by atoms with Crippen molar-refractivity contribution in [3.63, 3.8) is 0 Å². The molecule has 11 heavy (non-hydrogen) atoms. The molecule has 1 fully saturated rings. The van der Waals surface area contributed by atoms with Crippen molar-refractivity contribution in [3.05, 3.63) is 24.3 Å². The van der Waals surface area contributed by atoms with Crippen LogP contribution in [0.3, 0.4) is 0 Å². The second-order valence-electron chi connectivity index (χ2n) is 3.78. The van der Waals surface area contributed by atoms with E-state index in [1.807, 2.05) is 0 Å². The molecular formula is C10H10O. The SMILES string of the molecule is O=C1C[C@@H]2C=C[C@@H]3C=C[C@@H]1[C@H]32. The molecule has 0 amide bonds. The maximum absolute atomic E-state index is 11.4. The molecule has 1 saturated carbocycles. The Hall–Kier alpha value is -0.850. The molecule has 0 N–H and O–H groups in total. The highest BCUT2D eigenvalue weighted by Gasteiger charge is 2.47. The number of hydrogen-bond donors (Lipinski definition) is 0. The fourth-order valence-electron chi connectivity index (χ4n) is 2.78. The van der Waals surface area contributed by atoms with Gasteiger partial charge >= 0.3 is 0 Å². The molecule has 0 aliphatic heterocycles. The largest absolute Gasteiger partial charge is 0.299 e. The molecule has 0 saturated heterocycles. The Morgan fingerprint density at radius 3 is 2.91 bits per heavy atom. The van der Waals surface area contributed by atoms with E-state index in [1.165, 1.54) is 0 Å². The van der Waals surface area contributed by atoms with E-state index in [-0.39, 0.29) is 5.92 Å². The molecule has 0 spiro atoms. The van der Waals surface area contributed by atoms with E-state index in [0.717, 1.165) is 6.42 Å². The summed E-state index contributed by atoms with van der Waals surface area (Å²) in [6.07, 6.45) is 9.60. The summed E-state index contributed by atoms with van der Waals surface area (Å²) in [5.41, 5.74) is 0. The van der Waals surface area contributed by atoms with Crippen molar-refractivity contribution in [1.82, 2.24) is 0 Å². The lowest BCUT2D eigenvalue weighted by atomic mass is 9.90. The Bertz CT molecular complexity index is 275. The van der Waals surface area contributed by atoms with Gasteiger partial charge in [-0.25, -0.2) is 0 Å². The van der Waals surface area contributed by atoms with E-state index >= 15 is 0 Å². The minimum Gasteiger partial charge on any atom is -0.299 e. The zero-order chi connectivity index (χ0) is 7.42. The first-order valence-corrected chi connectivity index (χ1v) is 4.25. The van der Waals surface area contributed by atoms with Gasteiger partial charge in [0.1, 0.15) is 5.78 Å². The Balaban J connectivity index is 2.10. The second-order valence-corrected chi connectivity index (χ2v) is 3.78. The van der Waals surface area contributed by atoms with Crippen LogP contribution in [0.15, 0.2) is 24.3 Å². The molecule has 0 heterocycles. The van der Waals surface area contributed by atoms with Crippen LogP contribution in [0.1, 0.15) is 6.42 Å². The molecule has 56 valence electrons. The molecular weight excluding hydrogens is 136 g/mol. The summed E-state index contributed by atoms with van der Waals surface area (Å²) in [4.78, 5) is 11.4. The minimum atomic E-state index is 0.278. The number of hydrogen-bond acceptors (Lipinski definition) is 1. The second kappa shape index (κ2) is 1.66. The molecule has 4 atom stereocenters. The molecule has 3 rings (SSSR count). The van der Waals surface area contributed by atoms with Crippen LogP contribution in [0.5, 0.6) is 0 Å². The van der Waals surface area contributed by atoms with Gasteiger partial charge in [0.05, 0.1) is 0 Å². The number of carbonyl (C=O) groups excluding carboxylic acids is 1. The summed E-state index contributed by atoms with van der Waals surface area (Å²) in [5.74, 6) is 2.54. The van der Waals surface area contributed by atoms with Crippen molar-refractivity contribution >= 4 is 5.78 Å². The first-order chi connectivity index (χ1) is 5.36. The molecule has 0 aromatic heterocycles. The molecule has 0 aromatic carbocycles. The van der Waals surface area contributed by atoms with E-state index in [9.17, 15) is 4.79 Å². The summed E-state index contributed by atoms with van der Waals surface area (Å²) in [6.45, 7) is 0. The van der Waals surface area contributed by atoms with Crippen LogP contribution in [-0.2, 0) is 4.79 Å². The lowest BCUT2D eigenvalue weighted by Crippen LogP contribution is -2.12. The van der Waals surface area contributed by atoms with Gasteiger partial charge in [-0.05, 0) is 17.8 Å². The minimum absolute atomic E-state index is 0.278. The standard InChI is InChI=1S/C10H10O/c11-9-5-7-2-1-6-3-4-8(9)10(6)7/h1-4,6-8,10H,5H2/t6-,7+,8+,10-/m1/s1. The van der Waals surface area contributed by atoms with Gasteiger partial charge in [-0.3, -0.25) is 4.79 Å². The van der Waals surface area contributed by atoms with Crippen molar-refractivity contribution in [1.29, 1.82) is 0 Å². The zero-order valence-corrected chi connectivity index (χ0v) is 6.23. The highest BCUT2D eigenvalue weighted by atomic mass is 16.1. The van der Waals surface area contributed by atoms with E-state index in [0.29, 0.717) is 23.5 Å². The first-order valence-electron chi connectivity index (χ1n) is 4.25. The zero-order valence-electron chi connectivity index (χ0n) is 6.23. The van der Waals surface area contributed by atoms with Gasteiger partial charge in [0, 0.05) is 12.3 Å². The number of Topliss-reactive ketones (excluding diaryl/α,β-unsaturated/α-hetero) is 1. The molecule has 1 nitrogen and oxygen atoms in total. The fraction of sp³-hybridized carbons (Fsp3) is 0.500. The van der Waals surface area contributed by atoms with Crippen LogP contribution in [-0.4, -0.2) is 5.78 Å². The van der Waals surface area contributed by atoms with Gasteiger partial charge in [0.15, 0.2) is 0 Å². The van der Waals surface area contributed by atoms with Gasteiger partial charge < -0.3 is 0 Å². The van der Waals surface area contributed by atoms with Gasteiger partial charge in [0.2, 0.25) is 0 Å². The maximum Gasteiger partial charge on any atom is 0.140 e. The molecule has 0 bridgehead atoms. The normalized spacial score (nSPS) is 50.7. The van der Waals surface area contributed by atoms with Crippen molar-refractivity contribution in [3.8, 4) is 0 Å². The van der Waals surface area contributed by atoms with E-state index in [4.69, 9.17) is 0 Å². The molecule has 0 radical (unpaired) electrons. The maximum atomic E-state index is 11.4. The number of allylic oxidation sites excluding steroid dienone is 4. The summed E-state index contributed by atoms with van der Waals surface area (Å²) < 4.78 is 0. The first kappa shape index (κ1) is 5.76. The Morgan fingerprint density at radius 1 is 1.18 bits per heavy atom. The van der Waals surface area contributed by atoms with Crippen LogP contribution in [0.4, 0.5) is 0 Å². The van der Waals surface area contributed by atoms with Gasteiger partial charge in [-0.15, -0.1) is 0 Å². The summed E-state index contributed by atoms with van der Waals surface area (Å²) >= 11 is 0. The van der Waals surface area contributed by atoms with Gasteiger partial charge in [-0.2, -0.15) is 0 Å². The Kier molecular flexibility index (Phi) is 0.867. The van der Waals surface area contributed by atoms with Crippen LogP contribution >= 0.6 is 0 Å². The van der Waals surface area contributed by atoms with E-state index < -0.39 is 0 Å². The van der Waals surface area contributed by atoms with Crippen LogP contribution in [0.2, 0.25) is 0 Å². The average molecular weight is 146 g/mol. The Labute approximate surface area is 65.8 Å². The monoisotopic (exact) mass is 146 g/mol. The third kappa shape index (κ3) is 0.550. The summed E-state index contributed by atoms with van der Waals surface area (Å²) in [5, 5.41) is 0. The molecule has 3 aliphatic carbocycles. The third-order valence-corrected chi connectivity index (χ3v) is 3.28. The summed E-state index contributed by atoms with van der Waals surface area (Å²) in [7, 11) is 0. The molecule has 1 heteroatoms. The average Bonchev–Trinajstić information content (AvgIpc) is 2.53. The quantitative estimate of drug-likeness (QED) is 0.474. The van der Waals surface area contributed by atoms with Crippen LogP contribution in [0.25, 0.3) is 0 Å². The van der Waals surface area contributed by atoms with Gasteiger partial charge in [-0.1, -0.05) is 24.3 Å². The predicted octanol–water partition coefficient (Wildman–Crippen LogP) is 1.56.